The van der Waals surface area contributed by atoms with Gasteiger partial charge in [-0.2, -0.15) is 9.40 Å². The van der Waals surface area contributed by atoms with Gasteiger partial charge < -0.3 is 4.90 Å². The molecular weight excluding hydrogens is 347 g/mol. The Morgan fingerprint density at radius 2 is 1.84 bits per heavy atom. The number of rotatable bonds is 4. The van der Waals surface area contributed by atoms with Crippen molar-refractivity contribution in [1.82, 2.24) is 19.4 Å². The Kier molecular flexibility index (Phi) is 4.87. The van der Waals surface area contributed by atoms with Crippen LogP contribution in [0, 0.1) is 12.7 Å². The van der Waals surface area contributed by atoms with Crippen molar-refractivity contribution < 1.29 is 17.6 Å². The van der Waals surface area contributed by atoms with Crippen molar-refractivity contribution >= 4 is 15.9 Å². The number of piperazine rings is 1. The van der Waals surface area contributed by atoms with Gasteiger partial charge in [-0.15, -0.1) is 0 Å². The molecule has 1 saturated heterocycles. The van der Waals surface area contributed by atoms with Gasteiger partial charge in [0.15, 0.2) is 0 Å². The Bertz CT molecular complexity index is 856. The molecule has 0 radical (unpaired) electrons. The summed E-state index contributed by atoms with van der Waals surface area (Å²) in [5.41, 5.74) is 1.66. The van der Waals surface area contributed by atoms with E-state index in [1.807, 2.05) is 6.92 Å². The molecule has 1 aliphatic heterocycles. The minimum atomic E-state index is -3.51. The van der Waals surface area contributed by atoms with Crippen LogP contribution < -0.4 is 0 Å². The van der Waals surface area contributed by atoms with Gasteiger partial charge in [0.25, 0.3) is 5.91 Å². The minimum Gasteiger partial charge on any atom is -0.335 e. The minimum absolute atomic E-state index is 0.181. The van der Waals surface area contributed by atoms with Gasteiger partial charge >= 0.3 is 0 Å². The van der Waals surface area contributed by atoms with Crippen LogP contribution in [0.1, 0.15) is 21.7 Å². The van der Waals surface area contributed by atoms with Gasteiger partial charge in [-0.3, -0.25) is 9.89 Å². The molecule has 7 nitrogen and oxygen atoms in total. The molecule has 2 heterocycles. The van der Waals surface area contributed by atoms with Crippen LogP contribution in [0.2, 0.25) is 0 Å². The normalized spacial score (nSPS) is 16.2. The Balaban J connectivity index is 1.61. The molecule has 1 aromatic heterocycles. The van der Waals surface area contributed by atoms with Crippen molar-refractivity contribution in [2.75, 3.05) is 26.2 Å². The molecule has 9 heteroatoms. The fourth-order valence-electron chi connectivity index (χ4n) is 2.74. The number of carbonyl (C=O) groups is 1. The van der Waals surface area contributed by atoms with Gasteiger partial charge in [-0.1, -0.05) is 12.1 Å². The van der Waals surface area contributed by atoms with Crippen molar-refractivity contribution in [1.29, 1.82) is 0 Å². The molecule has 1 N–H and O–H groups in total. The summed E-state index contributed by atoms with van der Waals surface area (Å²) in [6, 6.07) is 7.08. The second-order valence-corrected chi connectivity index (χ2v) is 7.98. The van der Waals surface area contributed by atoms with Gasteiger partial charge in [-0.05, 0) is 30.7 Å². The van der Waals surface area contributed by atoms with E-state index in [9.17, 15) is 17.6 Å². The average molecular weight is 366 g/mol. The van der Waals surface area contributed by atoms with E-state index in [1.54, 1.807) is 11.0 Å². The molecule has 0 spiro atoms. The second kappa shape index (κ2) is 6.93. The third-order valence-electron chi connectivity index (χ3n) is 4.11. The molecule has 1 fully saturated rings. The molecule has 0 bridgehead atoms. The number of hydrogen-bond acceptors (Lipinski definition) is 4. The fraction of sp³-hybridized carbons (Fsp3) is 0.375. The maximum absolute atomic E-state index is 12.9. The Morgan fingerprint density at radius 1 is 1.20 bits per heavy atom. The summed E-state index contributed by atoms with van der Waals surface area (Å²) >= 11 is 0. The Labute approximate surface area is 145 Å². The van der Waals surface area contributed by atoms with E-state index in [0.717, 1.165) is 5.69 Å². The number of halogens is 1. The molecule has 0 saturated carbocycles. The van der Waals surface area contributed by atoms with Crippen molar-refractivity contribution in [3.8, 4) is 0 Å². The van der Waals surface area contributed by atoms with Crippen LogP contribution in [0.3, 0.4) is 0 Å². The first kappa shape index (κ1) is 17.6. The summed E-state index contributed by atoms with van der Waals surface area (Å²) in [6.07, 6.45) is 0. The third-order valence-corrected chi connectivity index (χ3v) is 5.96. The van der Waals surface area contributed by atoms with E-state index in [-0.39, 0.29) is 24.7 Å². The van der Waals surface area contributed by atoms with Crippen LogP contribution in [-0.4, -0.2) is 59.9 Å². The summed E-state index contributed by atoms with van der Waals surface area (Å²) < 4.78 is 39.3. The number of sulfonamides is 1. The van der Waals surface area contributed by atoms with E-state index in [4.69, 9.17) is 0 Å². The number of aromatic nitrogens is 2. The number of aryl methyl sites for hydroxylation is 1. The number of aromatic amines is 1. The number of nitrogens with one attached hydrogen (secondary N) is 1. The number of nitrogens with zero attached hydrogens (tertiary/aromatic N) is 3. The molecule has 0 unspecified atom stereocenters. The van der Waals surface area contributed by atoms with Crippen LogP contribution in [0.25, 0.3) is 0 Å². The molecule has 1 aliphatic rings. The monoisotopic (exact) mass is 366 g/mol. The number of H-pyrrole nitrogens is 1. The molecular formula is C16H19FN4O3S. The third kappa shape index (κ3) is 4.05. The Morgan fingerprint density at radius 3 is 2.40 bits per heavy atom. The van der Waals surface area contributed by atoms with Crippen molar-refractivity contribution in [2.45, 2.75) is 12.7 Å². The zero-order valence-electron chi connectivity index (χ0n) is 13.8. The van der Waals surface area contributed by atoms with Gasteiger partial charge in [0.2, 0.25) is 10.0 Å². The maximum Gasteiger partial charge on any atom is 0.274 e. The van der Waals surface area contributed by atoms with E-state index in [1.165, 1.54) is 28.6 Å². The van der Waals surface area contributed by atoms with Crippen LogP contribution in [0.4, 0.5) is 4.39 Å². The highest BCUT2D eigenvalue weighted by molar-refractivity contribution is 7.88. The first-order chi connectivity index (χ1) is 11.8. The molecule has 2 aromatic rings. The maximum atomic E-state index is 12.9. The zero-order chi connectivity index (χ0) is 18.0. The molecule has 3 rings (SSSR count). The van der Waals surface area contributed by atoms with Crippen LogP contribution in [0.15, 0.2) is 30.3 Å². The standard InChI is InChI=1S/C16H19FN4O3S/c1-12-10-15(19-18-12)16(22)20-6-8-21(9-7-20)25(23,24)11-13-2-4-14(17)5-3-13/h2-5,10H,6-9,11H2,1H3,(H,18,19). The molecule has 0 atom stereocenters. The van der Waals surface area contributed by atoms with Crippen molar-refractivity contribution in [3.63, 3.8) is 0 Å². The zero-order valence-corrected chi connectivity index (χ0v) is 14.6. The van der Waals surface area contributed by atoms with Crippen molar-refractivity contribution in [3.05, 3.63) is 53.1 Å². The highest BCUT2D eigenvalue weighted by Crippen LogP contribution is 2.15. The van der Waals surface area contributed by atoms with Gasteiger partial charge in [0, 0.05) is 31.9 Å². The average Bonchev–Trinajstić information content (AvgIpc) is 3.03. The summed E-state index contributed by atoms with van der Waals surface area (Å²) in [5, 5.41) is 6.67. The number of amides is 1. The fourth-order valence-corrected chi connectivity index (χ4v) is 4.26. The molecule has 0 aliphatic carbocycles. The van der Waals surface area contributed by atoms with E-state index in [0.29, 0.717) is 24.3 Å². The lowest BCUT2D eigenvalue weighted by atomic mass is 10.2. The number of hydrogen-bond donors (Lipinski definition) is 1. The lowest BCUT2D eigenvalue weighted by Gasteiger charge is -2.33. The van der Waals surface area contributed by atoms with E-state index < -0.39 is 15.8 Å². The lowest BCUT2D eigenvalue weighted by Crippen LogP contribution is -2.50. The van der Waals surface area contributed by atoms with Gasteiger partial charge in [-0.25, -0.2) is 12.8 Å². The molecule has 1 amide bonds. The summed E-state index contributed by atoms with van der Waals surface area (Å²) in [5.74, 6) is -0.790. The summed E-state index contributed by atoms with van der Waals surface area (Å²) in [7, 11) is -3.51. The SMILES string of the molecule is Cc1cc(C(=O)N2CCN(S(=O)(=O)Cc3ccc(F)cc3)CC2)n[nH]1. The molecule has 134 valence electrons. The summed E-state index contributed by atoms with van der Waals surface area (Å²) in [6.45, 7) is 2.90. The van der Waals surface area contributed by atoms with Crippen LogP contribution in [0.5, 0.6) is 0 Å². The van der Waals surface area contributed by atoms with E-state index >= 15 is 0 Å². The second-order valence-electron chi connectivity index (χ2n) is 6.01. The van der Waals surface area contributed by atoms with Crippen molar-refractivity contribution in [2.24, 2.45) is 0 Å². The quantitative estimate of drug-likeness (QED) is 0.879. The lowest BCUT2D eigenvalue weighted by molar-refractivity contribution is 0.0692. The molecule has 1 aromatic carbocycles. The highest BCUT2D eigenvalue weighted by Gasteiger charge is 2.30. The Hall–Kier alpha value is -2.26. The van der Waals surface area contributed by atoms with Crippen LogP contribution in [-0.2, 0) is 15.8 Å². The summed E-state index contributed by atoms with van der Waals surface area (Å²) in [4.78, 5) is 13.9. The predicted molar refractivity (Wildman–Crippen MR) is 89.8 cm³/mol. The smallest absolute Gasteiger partial charge is 0.274 e. The first-order valence-corrected chi connectivity index (χ1v) is 9.49. The highest BCUT2D eigenvalue weighted by atomic mass is 32.2. The molecule has 25 heavy (non-hydrogen) atoms. The van der Waals surface area contributed by atoms with E-state index in [2.05, 4.69) is 10.2 Å². The largest absolute Gasteiger partial charge is 0.335 e. The van der Waals surface area contributed by atoms with Crippen LogP contribution >= 0.6 is 0 Å². The first-order valence-electron chi connectivity index (χ1n) is 7.89. The number of benzene rings is 1. The van der Waals surface area contributed by atoms with Gasteiger partial charge in [0.1, 0.15) is 11.5 Å². The van der Waals surface area contributed by atoms with Gasteiger partial charge in [0.05, 0.1) is 5.75 Å². The predicted octanol–water partition coefficient (Wildman–Crippen LogP) is 1.15. The topological polar surface area (TPSA) is 86.4 Å². The number of carbonyl (C=O) groups excluding carboxylic acids is 1.